The maximum Gasteiger partial charge on any atom is 0.325 e. The van der Waals surface area contributed by atoms with E-state index in [1.165, 1.54) is 12.8 Å². The molecule has 0 saturated carbocycles. The monoisotopic (exact) mass is 401 g/mol. The van der Waals surface area contributed by atoms with Gasteiger partial charge in [-0.25, -0.2) is 8.42 Å². The minimum absolute atomic E-state index is 0.00177. The number of quaternary nitrogens is 1. The first kappa shape index (κ1) is 25.0. The van der Waals surface area contributed by atoms with Crippen LogP contribution in [0.5, 0.6) is 0 Å². The average molecular weight is 402 g/mol. The Balaban J connectivity index is 3.46. The second-order valence-corrected chi connectivity index (χ2v) is 10.9. The van der Waals surface area contributed by atoms with Gasteiger partial charge in [-0.05, 0) is 19.3 Å². The van der Waals surface area contributed by atoms with Gasteiger partial charge in [-0.3, -0.25) is 4.57 Å². The molecule has 0 saturated heterocycles. The van der Waals surface area contributed by atoms with Gasteiger partial charge in [-0.2, -0.15) is 0 Å². The van der Waals surface area contributed by atoms with Crippen molar-refractivity contribution in [2.24, 2.45) is 0 Å². The molecule has 152 valence electrons. The molecule has 0 aliphatic rings. The molecule has 0 unspecified atom stereocenters. The van der Waals surface area contributed by atoms with E-state index >= 15 is 0 Å². The fourth-order valence-corrected chi connectivity index (χ4v) is 3.99. The highest BCUT2D eigenvalue weighted by atomic mass is 32.2. The lowest BCUT2D eigenvalue weighted by Crippen LogP contribution is -2.41. The molecule has 0 aromatic rings. The first-order valence-electron chi connectivity index (χ1n) is 9.21. The van der Waals surface area contributed by atoms with Crippen molar-refractivity contribution in [2.45, 2.75) is 64.2 Å². The Morgan fingerprint density at radius 3 is 1.64 bits per heavy atom. The fourth-order valence-electron chi connectivity index (χ4n) is 2.88. The number of rotatable bonds is 16. The van der Waals surface area contributed by atoms with E-state index in [1.54, 1.807) is 0 Å². The topological polar surface area (TPSA) is 115 Å². The maximum atomic E-state index is 10.7. The van der Waals surface area contributed by atoms with Crippen LogP contribution in [-0.2, 0) is 14.7 Å². The Morgan fingerprint density at radius 2 is 1.20 bits per heavy atom. The van der Waals surface area contributed by atoms with Crippen LogP contribution in [0.25, 0.3) is 0 Å². The Morgan fingerprint density at radius 1 is 0.800 bits per heavy atom. The Labute approximate surface area is 153 Å². The summed E-state index contributed by atoms with van der Waals surface area (Å²) in [6.45, 7) is 1.69. The van der Waals surface area contributed by atoms with Crippen LogP contribution in [0.2, 0.25) is 0 Å². The highest BCUT2D eigenvalue weighted by molar-refractivity contribution is 7.85. The third-order valence-corrected chi connectivity index (χ3v) is 6.06. The molecule has 0 fully saturated rings. The van der Waals surface area contributed by atoms with Crippen molar-refractivity contribution in [1.82, 2.24) is 0 Å². The summed E-state index contributed by atoms with van der Waals surface area (Å²) in [5, 5.41) is 0. The van der Waals surface area contributed by atoms with Gasteiger partial charge in [0.25, 0.3) is 0 Å². The maximum absolute atomic E-state index is 10.7. The molecule has 0 spiro atoms. The lowest BCUT2D eigenvalue weighted by atomic mass is 10.1. The highest BCUT2D eigenvalue weighted by Crippen LogP contribution is 2.35. The van der Waals surface area contributed by atoms with Crippen molar-refractivity contribution in [3.05, 3.63) is 0 Å². The molecule has 0 atom stereocenters. The van der Waals surface area contributed by atoms with Crippen molar-refractivity contribution >= 4 is 17.7 Å². The van der Waals surface area contributed by atoms with Gasteiger partial charge in [0.15, 0.2) is 0 Å². The van der Waals surface area contributed by atoms with E-state index in [2.05, 4.69) is 14.1 Å². The van der Waals surface area contributed by atoms with Gasteiger partial charge in [0.1, 0.15) is 0 Å². The molecule has 0 radical (unpaired) electrons. The molecule has 0 amide bonds. The van der Waals surface area contributed by atoms with Gasteiger partial charge < -0.3 is 18.8 Å². The molecule has 0 aromatic carbocycles. The molecule has 0 aliphatic heterocycles. The molecule has 0 heterocycles. The quantitative estimate of drug-likeness (QED) is 0.178. The fraction of sp³-hybridized carbons (Fsp3) is 1.00. The van der Waals surface area contributed by atoms with Crippen LogP contribution in [0.15, 0.2) is 0 Å². The molecule has 9 heteroatoms. The van der Waals surface area contributed by atoms with Gasteiger partial charge in [-0.15, -0.1) is 0 Å². The molecule has 0 bridgehead atoms. The van der Waals surface area contributed by atoms with Gasteiger partial charge in [0.05, 0.1) is 37.3 Å². The van der Waals surface area contributed by atoms with E-state index < -0.39 is 17.7 Å². The summed E-state index contributed by atoms with van der Waals surface area (Å²) in [4.78, 5) is 17.5. The minimum Gasteiger partial charge on any atom is -0.748 e. The third-order valence-electron chi connectivity index (χ3n) is 4.37. The zero-order valence-electron chi connectivity index (χ0n) is 15.7. The van der Waals surface area contributed by atoms with Crippen molar-refractivity contribution in [3.8, 4) is 0 Å². The minimum atomic E-state index is -4.10. The molecule has 25 heavy (non-hydrogen) atoms. The van der Waals surface area contributed by atoms with Crippen LogP contribution >= 0.6 is 7.60 Å². The summed E-state index contributed by atoms with van der Waals surface area (Å²) in [7, 11) is -3.78. The van der Waals surface area contributed by atoms with E-state index in [1.807, 2.05) is 0 Å². The predicted molar refractivity (Wildman–Crippen MR) is 99.5 cm³/mol. The lowest BCUT2D eigenvalue weighted by Gasteiger charge is -2.30. The summed E-state index contributed by atoms with van der Waals surface area (Å²) >= 11 is 0. The molecular weight excluding hydrogens is 365 g/mol. The molecule has 0 aliphatic carbocycles. The first-order chi connectivity index (χ1) is 11.4. The molecule has 7 nitrogen and oxygen atoms in total. The van der Waals surface area contributed by atoms with Crippen LogP contribution in [0.3, 0.4) is 0 Å². The number of nitrogens with zero attached hydrogens (tertiary/aromatic N) is 1. The van der Waals surface area contributed by atoms with E-state index in [9.17, 15) is 17.5 Å². The summed E-state index contributed by atoms with van der Waals surface area (Å²) in [5.41, 5.74) is 0. The summed E-state index contributed by atoms with van der Waals surface area (Å²) in [5.74, 6) is -0.275. The van der Waals surface area contributed by atoms with Crippen molar-refractivity contribution in [2.75, 3.05) is 39.1 Å². The average Bonchev–Trinajstić information content (AvgIpc) is 2.41. The van der Waals surface area contributed by atoms with Crippen LogP contribution < -0.4 is 0 Å². The smallest absolute Gasteiger partial charge is 0.325 e. The normalized spacial score (nSPS) is 13.3. The number of hydrogen-bond acceptors (Lipinski definition) is 4. The van der Waals surface area contributed by atoms with Gasteiger partial charge in [-0.1, -0.05) is 38.5 Å². The second-order valence-electron chi connectivity index (χ2n) is 7.57. The largest absolute Gasteiger partial charge is 0.748 e. The van der Waals surface area contributed by atoms with Gasteiger partial charge in [0, 0.05) is 18.3 Å². The highest BCUT2D eigenvalue weighted by Gasteiger charge is 2.14. The van der Waals surface area contributed by atoms with Crippen LogP contribution in [-0.4, -0.2) is 66.3 Å². The SMILES string of the molecule is C[N+](C)(CCCCCCCCCCCP(=O)(O)O)CCCS(=O)(=O)[O-]. The lowest BCUT2D eigenvalue weighted by molar-refractivity contribution is -0.890. The Bertz CT molecular complexity index is 489. The van der Waals surface area contributed by atoms with Crippen molar-refractivity contribution in [3.63, 3.8) is 0 Å². The van der Waals surface area contributed by atoms with Crippen LogP contribution in [0.4, 0.5) is 0 Å². The van der Waals surface area contributed by atoms with Crippen LogP contribution in [0.1, 0.15) is 64.2 Å². The zero-order chi connectivity index (χ0) is 19.4. The predicted octanol–water partition coefficient (Wildman–Crippen LogP) is 2.69. The number of hydrogen-bond donors (Lipinski definition) is 2. The number of unbranched alkanes of at least 4 members (excludes halogenated alkanes) is 8. The molecule has 0 rings (SSSR count). The van der Waals surface area contributed by atoms with Gasteiger partial charge >= 0.3 is 7.60 Å². The molecular formula is C16H36NO6PS. The van der Waals surface area contributed by atoms with Crippen molar-refractivity contribution < 1.29 is 31.8 Å². The van der Waals surface area contributed by atoms with Gasteiger partial charge in [0.2, 0.25) is 0 Å². The van der Waals surface area contributed by atoms with E-state index in [0.29, 0.717) is 19.4 Å². The standard InChI is InChI=1S/C16H36NO6PS/c1-17(2,14-12-16-25(21,22)23)13-10-8-6-4-3-5-7-9-11-15-24(18,19)20/h3-16H2,1-2H3,(H2-,18,19,20,21,22,23). The first-order valence-corrected chi connectivity index (χ1v) is 12.6. The van der Waals surface area contributed by atoms with E-state index in [4.69, 9.17) is 9.79 Å². The Kier molecular flexibility index (Phi) is 12.4. The van der Waals surface area contributed by atoms with E-state index in [-0.39, 0.29) is 11.9 Å². The summed E-state index contributed by atoms with van der Waals surface area (Å²) in [6.07, 6.45) is 9.83. The molecule has 0 aromatic heterocycles. The summed E-state index contributed by atoms with van der Waals surface area (Å²) < 4.78 is 43.3. The molecule has 2 N–H and O–H groups in total. The Hall–Kier alpha value is 0.0200. The van der Waals surface area contributed by atoms with Crippen molar-refractivity contribution in [1.29, 1.82) is 0 Å². The zero-order valence-corrected chi connectivity index (χ0v) is 17.4. The van der Waals surface area contributed by atoms with E-state index in [0.717, 1.165) is 49.6 Å². The second kappa shape index (κ2) is 12.4. The third kappa shape index (κ3) is 20.2. The van der Waals surface area contributed by atoms with Crippen LogP contribution in [0, 0.1) is 0 Å². The summed E-state index contributed by atoms with van der Waals surface area (Å²) in [6, 6.07) is 0.